The van der Waals surface area contributed by atoms with E-state index in [2.05, 4.69) is 15.4 Å². The fourth-order valence-corrected chi connectivity index (χ4v) is 3.63. The highest BCUT2D eigenvalue weighted by Crippen LogP contribution is 2.28. The van der Waals surface area contributed by atoms with Crippen LogP contribution in [0.25, 0.3) is 0 Å². The molecule has 1 aromatic carbocycles. The Balaban J connectivity index is 2.01. The molecule has 2 rings (SSSR count). The van der Waals surface area contributed by atoms with E-state index >= 15 is 0 Å². The van der Waals surface area contributed by atoms with Crippen LogP contribution in [0, 0.1) is 0 Å². The maximum Gasteiger partial charge on any atom is 0.319 e. The zero-order chi connectivity index (χ0) is 18.4. The van der Waals surface area contributed by atoms with E-state index in [1.807, 2.05) is 24.4 Å². The third-order valence-corrected chi connectivity index (χ3v) is 4.71. The Bertz CT molecular complexity index is 820. The summed E-state index contributed by atoms with van der Waals surface area (Å²) in [5.74, 6) is 0.363. The molecule has 0 saturated heterocycles. The van der Waals surface area contributed by atoms with Gasteiger partial charge in [-0.1, -0.05) is 6.07 Å². The van der Waals surface area contributed by atoms with Gasteiger partial charge >= 0.3 is 6.03 Å². The lowest BCUT2D eigenvalue weighted by Gasteiger charge is -2.15. The lowest BCUT2D eigenvalue weighted by Crippen LogP contribution is -2.37. The highest BCUT2D eigenvalue weighted by molar-refractivity contribution is 7.92. The molecule has 1 heterocycles. The Morgan fingerprint density at radius 2 is 2.08 bits per heavy atom. The molecule has 0 radical (unpaired) electrons. The Morgan fingerprint density at radius 1 is 1.32 bits per heavy atom. The molecule has 2 aromatic rings. The average Bonchev–Trinajstić information content (AvgIpc) is 2.98. The highest BCUT2D eigenvalue weighted by atomic mass is 32.2. The van der Waals surface area contributed by atoms with Crippen LogP contribution >= 0.6 is 11.3 Å². The van der Waals surface area contributed by atoms with Crippen molar-refractivity contribution in [3.8, 4) is 5.75 Å². The maximum atomic E-state index is 12.1. The lowest BCUT2D eigenvalue weighted by atomic mass is 10.2. The van der Waals surface area contributed by atoms with Gasteiger partial charge in [0.1, 0.15) is 5.75 Å². The van der Waals surface area contributed by atoms with E-state index in [1.54, 1.807) is 23.5 Å². The van der Waals surface area contributed by atoms with Gasteiger partial charge in [-0.15, -0.1) is 11.3 Å². The third kappa shape index (κ3) is 6.28. The van der Waals surface area contributed by atoms with Gasteiger partial charge in [0, 0.05) is 23.0 Å². The molecule has 0 spiro atoms. The van der Waals surface area contributed by atoms with Gasteiger partial charge in [-0.25, -0.2) is 13.2 Å². The zero-order valence-electron chi connectivity index (χ0n) is 14.2. The van der Waals surface area contributed by atoms with Crippen molar-refractivity contribution in [2.24, 2.45) is 0 Å². The average molecular weight is 383 g/mol. The van der Waals surface area contributed by atoms with Crippen LogP contribution in [0.1, 0.15) is 11.8 Å². The summed E-state index contributed by atoms with van der Waals surface area (Å²) in [6.07, 6.45) is 1.79. The second-order valence-corrected chi connectivity index (χ2v) is 8.35. The van der Waals surface area contributed by atoms with Crippen LogP contribution < -0.4 is 20.1 Å². The van der Waals surface area contributed by atoms with Crippen LogP contribution in [0.4, 0.5) is 16.2 Å². The molecule has 0 saturated carbocycles. The van der Waals surface area contributed by atoms with Crippen molar-refractivity contribution in [3.63, 3.8) is 0 Å². The van der Waals surface area contributed by atoms with Crippen LogP contribution in [-0.2, 0) is 16.4 Å². The molecular weight excluding hydrogens is 362 g/mol. The van der Waals surface area contributed by atoms with Crippen molar-refractivity contribution in [3.05, 3.63) is 40.6 Å². The van der Waals surface area contributed by atoms with Crippen molar-refractivity contribution >= 4 is 38.8 Å². The number of ether oxygens (including phenoxy) is 1. The van der Waals surface area contributed by atoms with Crippen LogP contribution in [-0.4, -0.2) is 33.9 Å². The molecule has 3 N–H and O–H groups in total. The number of carbonyl (C=O) groups is 1. The Hall–Kier alpha value is -2.26. The summed E-state index contributed by atoms with van der Waals surface area (Å²) in [7, 11) is -2.02. The van der Waals surface area contributed by atoms with Gasteiger partial charge in [0.15, 0.2) is 0 Å². The molecule has 7 nitrogen and oxygen atoms in total. The summed E-state index contributed by atoms with van der Waals surface area (Å²) < 4.78 is 30.3. The van der Waals surface area contributed by atoms with Crippen LogP contribution in [0.15, 0.2) is 35.7 Å². The summed E-state index contributed by atoms with van der Waals surface area (Å²) in [5.41, 5.74) is 0.710. The number of thiophene rings is 1. The van der Waals surface area contributed by atoms with E-state index in [1.165, 1.54) is 18.1 Å². The van der Waals surface area contributed by atoms with Crippen molar-refractivity contribution < 1.29 is 17.9 Å². The number of benzene rings is 1. The number of anilines is 2. The predicted molar refractivity (Wildman–Crippen MR) is 101 cm³/mol. The highest BCUT2D eigenvalue weighted by Gasteiger charge is 2.12. The Morgan fingerprint density at radius 3 is 2.68 bits per heavy atom. The van der Waals surface area contributed by atoms with Gasteiger partial charge in [-0.05, 0) is 36.6 Å². The molecule has 136 valence electrons. The molecule has 0 fully saturated rings. The monoisotopic (exact) mass is 383 g/mol. The van der Waals surface area contributed by atoms with Crippen LogP contribution in [0.2, 0.25) is 0 Å². The summed E-state index contributed by atoms with van der Waals surface area (Å²) in [5, 5.41) is 7.54. The molecule has 1 unspecified atom stereocenters. The van der Waals surface area contributed by atoms with Gasteiger partial charge < -0.3 is 15.4 Å². The van der Waals surface area contributed by atoms with E-state index < -0.39 is 10.0 Å². The lowest BCUT2D eigenvalue weighted by molar-refractivity contribution is 0.249. The first-order valence-electron chi connectivity index (χ1n) is 7.52. The number of rotatable bonds is 7. The zero-order valence-corrected chi connectivity index (χ0v) is 15.8. The van der Waals surface area contributed by atoms with E-state index in [-0.39, 0.29) is 17.8 Å². The molecule has 9 heteroatoms. The number of carbonyl (C=O) groups excluding carboxylic acids is 1. The standard InChI is InChI=1S/C16H21N3O4S2/c1-11(9-13-5-4-8-24-13)17-16(20)18-12-6-7-15(23-2)14(10-12)19-25(3,21)22/h4-8,10-11,19H,9H2,1-3H3,(H2,17,18,20). The first-order chi connectivity index (χ1) is 11.8. The molecule has 0 aliphatic heterocycles. The minimum Gasteiger partial charge on any atom is -0.495 e. The number of methoxy groups -OCH3 is 1. The molecule has 0 aliphatic rings. The molecule has 2 amide bonds. The second-order valence-electron chi connectivity index (χ2n) is 5.57. The number of hydrogen-bond donors (Lipinski definition) is 3. The van der Waals surface area contributed by atoms with Crippen molar-refractivity contribution in [1.82, 2.24) is 5.32 Å². The summed E-state index contributed by atoms with van der Waals surface area (Å²) in [6, 6.07) is 8.32. The molecular formula is C16H21N3O4S2. The fraction of sp³-hybridized carbons (Fsp3) is 0.312. The minimum absolute atomic E-state index is 0.0366. The Kier molecular flexibility index (Phi) is 6.27. The van der Waals surface area contributed by atoms with Crippen LogP contribution in [0.3, 0.4) is 0 Å². The van der Waals surface area contributed by atoms with Gasteiger partial charge in [-0.2, -0.15) is 0 Å². The second kappa shape index (κ2) is 8.21. The molecule has 25 heavy (non-hydrogen) atoms. The third-order valence-electron chi connectivity index (χ3n) is 3.22. The predicted octanol–water partition coefficient (Wildman–Crippen LogP) is 2.88. The topological polar surface area (TPSA) is 96.5 Å². The van der Waals surface area contributed by atoms with Gasteiger partial charge in [0.2, 0.25) is 10.0 Å². The maximum absolute atomic E-state index is 12.1. The smallest absolute Gasteiger partial charge is 0.319 e. The SMILES string of the molecule is COc1ccc(NC(=O)NC(C)Cc2cccs2)cc1NS(C)(=O)=O. The van der Waals surface area contributed by atoms with Gasteiger partial charge in [-0.3, -0.25) is 4.72 Å². The number of sulfonamides is 1. The first-order valence-corrected chi connectivity index (χ1v) is 10.3. The van der Waals surface area contributed by atoms with Crippen LogP contribution in [0.5, 0.6) is 5.75 Å². The van der Waals surface area contributed by atoms with E-state index in [4.69, 9.17) is 4.74 Å². The quantitative estimate of drug-likeness (QED) is 0.685. The summed E-state index contributed by atoms with van der Waals surface area (Å²) >= 11 is 1.64. The normalized spacial score (nSPS) is 12.3. The molecule has 0 bridgehead atoms. The van der Waals surface area contributed by atoms with Gasteiger partial charge in [0.25, 0.3) is 0 Å². The Labute approximate surface area is 151 Å². The fourth-order valence-electron chi connectivity index (χ4n) is 2.24. The number of hydrogen-bond acceptors (Lipinski definition) is 5. The van der Waals surface area contributed by atoms with Crippen molar-refractivity contribution in [1.29, 1.82) is 0 Å². The summed E-state index contributed by atoms with van der Waals surface area (Å²) in [4.78, 5) is 13.3. The molecule has 1 atom stereocenters. The minimum atomic E-state index is -3.46. The molecule has 1 aromatic heterocycles. The number of amides is 2. The van der Waals surface area contributed by atoms with E-state index in [0.717, 1.165) is 12.7 Å². The first kappa shape index (κ1) is 19.1. The van der Waals surface area contributed by atoms with E-state index in [0.29, 0.717) is 11.4 Å². The largest absolute Gasteiger partial charge is 0.495 e. The summed E-state index contributed by atoms with van der Waals surface area (Å²) in [6.45, 7) is 1.92. The van der Waals surface area contributed by atoms with Gasteiger partial charge in [0.05, 0.1) is 19.1 Å². The van der Waals surface area contributed by atoms with Crippen molar-refractivity contribution in [2.45, 2.75) is 19.4 Å². The number of urea groups is 1. The van der Waals surface area contributed by atoms with E-state index in [9.17, 15) is 13.2 Å². The van der Waals surface area contributed by atoms with Crippen molar-refractivity contribution in [2.75, 3.05) is 23.4 Å². The molecule has 0 aliphatic carbocycles. The number of nitrogens with one attached hydrogen (secondary N) is 3.